The molecule has 0 saturated carbocycles. The van der Waals surface area contributed by atoms with Gasteiger partial charge in [0, 0.05) is 39.1 Å². The van der Waals surface area contributed by atoms with Crippen LogP contribution in [0.15, 0.2) is 54.6 Å². The van der Waals surface area contributed by atoms with E-state index in [1.54, 1.807) is 0 Å². The maximum absolute atomic E-state index is 12.7. The maximum atomic E-state index is 12.7. The van der Waals surface area contributed by atoms with E-state index in [9.17, 15) is 4.79 Å². The number of carbonyl (C=O) groups excluding carboxylic acids is 1. The number of hydrogen-bond acceptors (Lipinski definition) is 4. The van der Waals surface area contributed by atoms with Crippen molar-refractivity contribution in [3.63, 3.8) is 0 Å². The number of ether oxygens (including phenoxy) is 2. The van der Waals surface area contributed by atoms with Crippen LogP contribution in [0.3, 0.4) is 0 Å². The van der Waals surface area contributed by atoms with Gasteiger partial charge < -0.3 is 14.4 Å². The molecule has 1 amide bonds. The van der Waals surface area contributed by atoms with Gasteiger partial charge in [-0.05, 0) is 42.7 Å². The van der Waals surface area contributed by atoms with Crippen LogP contribution in [0.2, 0.25) is 0 Å². The summed E-state index contributed by atoms with van der Waals surface area (Å²) in [6, 6.07) is 17.8. The fraction of sp³-hybridized carbons (Fsp3) is 0.458. The molecule has 0 spiro atoms. The molecule has 0 aromatic heterocycles. The van der Waals surface area contributed by atoms with Gasteiger partial charge in [0.1, 0.15) is 11.5 Å². The highest BCUT2D eigenvalue weighted by molar-refractivity contribution is 5.76. The van der Waals surface area contributed by atoms with Crippen LogP contribution in [0.1, 0.15) is 31.7 Å². The molecule has 0 N–H and O–H groups in total. The predicted octanol–water partition coefficient (Wildman–Crippen LogP) is 4.33. The van der Waals surface area contributed by atoms with E-state index in [2.05, 4.69) is 17.9 Å². The number of nitrogens with zero attached hydrogens (tertiary/aromatic N) is 2. The van der Waals surface area contributed by atoms with E-state index in [0.717, 1.165) is 69.3 Å². The third-order valence-corrected chi connectivity index (χ3v) is 5.07. The molecule has 0 aliphatic carbocycles. The summed E-state index contributed by atoms with van der Waals surface area (Å²) in [4.78, 5) is 17.1. The van der Waals surface area contributed by atoms with Gasteiger partial charge in [-0.1, -0.05) is 37.3 Å². The van der Waals surface area contributed by atoms with Crippen LogP contribution in [0.5, 0.6) is 11.5 Å². The molecule has 1 aliphatic heterocycles. The number of amides is 1. The summed E-state index contributed by atoms with van der Waals surface area (Å²) in [7, 11) is 0. The van der Waals surface area contributed by atoms with Gasteiger partial charge >= 0.3 is 0 Å². The summed E-state index contributed by atoms with van der Waals surface area (Å²) in [5.41, 5.74) is 1.09. The van der Waals surface area contributed by atoms with E-state index in [4.69, 9.17) is 9.47 Å². The standard InChI is InChI=1S/C24H32N2O3/c1-2-8-24(27)26(14-7-13-25-15-17-28-18-16-25)20-21-9-6-12-23(19-21)29-22-10-4-3-5-11-22/h3-6,9-12,19H,2,7-8,13-18,20H2,1H3. The Balaban J connectivity index is 1.59. The second kappa shape index (κ2) is 11.6. The van der Waals surface area contributed by atoms with Crippen molar-refractivity contribution in [3.05, 3.63) is 60.2 Å². The lowest BCUT2D eigenvalue weighted by molar-refractivity contribution is -0.132. The molecule has 1 saturated heterocycles. The first-order chi connectivity index (χ1) is 14.2. The van der Waals surface area contributed by atoms with Gasteiger partial charge in [0.25, 0.3) is 0 Å². The van der Waals surface area contributed by atoms with E-state index in [-0.39, 0.29) is 5.91 Å². The van der Waals surface area contributed by atoms with Crippen LogP contribution in [-0.2, 0) is 16.1 Å². The molecule has 0 radical (unpaired) electrons. The van der Waals surface area contributed by atoms with Crippen molar-refractivity contribution in [2.24, 2.45) is 0 Å². The van der Waals surface area contributed by atoms with Gasteiger partial charge in [0.05, 0.1) is 13.2 Å². The van der Waals surface area contributed by atoms with E-state index < -0.39 is 0 Å². The number of carbonyl (C=O) groups is 1. The third kappa shape index (κ3) is 7.18. The topological polar surface area (TPSA) is 42.0 Å². The average Bonchev–Trinajstić information content (AvgIpc) is 2.75. The molecule has 29 heavy (non-hydrogen) atoms. The van der Waals surface area contributed by atoms with Crippen LogP contribution < -0.4 is 4.74 Å². The quantitative estimate of drug-likeness (QED) is 0.599. The Bertz CT molecular complexity index is 745. The van der Waals surface area contributed by atoms with Crippen molar-refractivity contribution in [3.8, 4) is 11.5 Å². The number of para-hydroxylation sites is 1. The van der Waals surface area contributed by atoms with Gasteiger partial charge in [-0.15, -0.1) is 0 Å². The summed E-state index contributed by atoms with van der Waals surface area (Å²) in [6.07, 6.45) is 2.45. The van der Waals surface area contributed by atoms with Crippen molar-refractivity contribution < 1.29 is 14.3 Å². The molecule has 5 nitrogen and oxygen atoms in total. The first-order valence-corrected chi connectivity index (χ1v) is 10.6. The monoisotopic (exact) mass is 396 g/mol. The zero-order valence-corrected chi connectivity index (χ0v) is 17.4. The van der Waals surface area contributed by atoms with Gasteiger partial charge in [-0.25, -0.2) is 0 Å². The largest absolute Gasteiger partial charge is 0.457 e. The molecule has 0 atom stereocenters. The Morgan fingerprint density at radius 1 is 1.07 bits per heavy atom. The molecule has 1 heterocycles. The summed E-state index contributed by atoms with van der Waals surface area (Å²) in [5, 5.41) is 0. The van der Waals surface area contributed by atoms with Crippen LogP contribution in [0, 0.1) is 0 Å². The Morgan fingerprint density at radius 3 is 2.59 bits per heavy atom. The van der Waals surface area contributed by atoms with Crippen molar-refractivity contribution in [2.45, 2.75) is 32.7 Å². The van der Waals surface area contributed by atoms with E-state index >= 15 is 0 Å². The summed E-state index contributed by atoms with van der Waals surface area (Å²) < 4.78 is 11.4. The van der Waals surface area contributed by atoms with Crippen molar-refractivity contribution in [1.82, 2.24) is 9.80 Å². The molecule has 2 aromatic rings. The number of morpholine rings is 1. The first-order valence-electron chi connectivity index (χ1n) is 10.6. The molecule has 2 aromatic carbocycles. The molecule has 1 aliphatic rings. The maximum Gasteiger partial charge on any atom is 0.222 e. The summed E-state index contributed by atoms with van der Waals surface area (Å²) >= 11 is 0. The van der Waals surface area contributed by atoms with Gasteiger partial charge in [-0.3, -0.25) is 9.69 Å². The molecule has 5 heteroatoms. The Kier molecular flexibility index (Phi) is 8.53. The molecule has 0 unspecified atom stereocenters. The zero-order chi connectivity index (χ0) is 20.3. The first kappa shape index (κ1) is 21.3. The predicted molar refractivity (Wildman–Crippen MR) is 115 cm³/mol. The number of rotatable bonds is 10. The Labute approximate surface area is 174 Å². The Hall–Kier alpha value is -2.37. The SMILES string of the molecule is CCCC(=O)N(CCCN1CCOCC1)Cc1cccc(Oc2ccccc2)c1. The van der Waals surface area contributed by atoms with Crippen molar-refractivity contribution in [1.29, 1.82) is 0 Å². The lowest BCUT2D eigenvalue weighted by atomic mass is 10.1. The molecule has 1 fully saturated rings. The minimum absolute atomic E-state index is 0.226. The number of benzene rings is 2. The minimum atomic E-state index is 0.226. The van der Waals surface area contributed by atoms with Crippen LogP contribution in [0.4, 0.5) is 0 Å². The van der Waals surface area contributed by atoms with E-state index in [1.807, 2.05) is 53.4 Å². The third-order valence-electron chi connectivity index (χ3n) is 5.07. The van der Waals surface area contributed by atoms with Crippen LogP contribution in [0.25, 0.3) is 0 Å². The highest BCUT2D eigenvalue weighted by atomic mass is 16.5. The summed E-state index contributed by atoms with van der Waals surface area (Å²) in [5.74, 6) is 1.84. The summed E-state index contributed by atoms with van der Waals surface area (Å²) in [6.45, 7) is 8.06. The van der Waals surface area contributed by atoms with Crippen molar-refractivity contribution in [2.75, 3.05) is 39.4 Å². The minimum Gasteiger partial charge on any atom is -0.457 e. The van der Waals surface area contributed by atoms with Crippen LogP contribution in [-0.4, -0.2) is 55.1 Å². The lowest BCUT2D eigenvalue weighted by Crippen LogP contribution is -2.39. The lowest BCUT2D eigenvalue weighted by Gasteiger charge is -2.28. The molecule has 156 valence electrons. The molecule has 3 rings (SSSR count). The Morgan fingerprint density at radius 2 is 1.83 bits per heavy atom. The fourth-order valence-corrected chi connectivity index (χ4v) is 3.53. The second-order valence-corrected chi connectivity index (χ2v) is 7.44. The zero-order valence-electron chi connectivity index (χ0n) is 17.4. The fourth-order valence-electron chi connectivity index (χ4n) is 3.53. The highest BCUT2D eigenvalue weighted by Crippen LogP contribution is 2.22. The molecule has 0 bridgehead atoms. The second-order valence-electron chi connectivity index (χ2n) is 7.44. The normalized spacial score (nSPS) is 14.5. The van der Waals surface area contributed by atoms with Crippen LogP contribution >= 0.6 is 0 Å². The molecular formula is C24H32N2O3. The smallest absolute Gasteiger partial charge is 0.222 e. The highest BCUT2D eigenvalue weighted by Gasteiger charge is 2.15. The van der Waals surface area contributed by atoms with Gasteiger partial charge in [-0.2, -0.15) is 0 Å². The van der Waals surface area contributed by atoms with Gasteiger partial charge in [0.2, 0.25) is 5.91 Å². The van der Waals surface area contributed by atoms with E-state index in [0.29, 0.717) is 13.0 Å². The molecular weight excluding hydrogens is 364 g/mol. The van der Waals surface area contributed by atoms with Gasteiger partial charge in [0.15, 0.2) is 0 Å². The number of hydrogen-bond donors (Lipinski definition) is 0. The average molecular weight is 397 g/mol. The van der Waals surface area contributed by atoms with E-state index in [1.165, 1.54) is 0 Å². The van der Waals surface area contributed by atoms with Crippen molar-refractivity contribution >= 4 is 5.91 Å².